The van der Waals surface area contributed by atoms with E-state index in [2.05, 4.69) is 14.3 Å². The largest absolute Gasteiger partial charge is 0.465 e. The van der Waals surface area contributed by atoms with Crippen molar-refractivity contribution in [3.05, 3.63) is 68.8 Å². The van der Waals surface area contributed by atoms with Gasteiger partial charge in [-0.1, -0.05) is 24.3 Å². The van der Waals surface area contributed by atoms with Crippen LogP contribution >= 0.6 is 0 Å². The van der Waals surface area contributed by atoms with E-state index in [-0.39, 0.29) is 50.3 Å². The number of carbonyl (C=O) groups is 3. The smallest absolute Gasteiger partial charge is 0.302 e. The highest BCUT2D eigenvalue weighted by Gasteiger charge is 2.28. The van der Waals surface area contributed by atoms with Crippen molar-refractivity contribution in [1.29, 1.82) is 0 Å². The molecule has 21 nitrogen and oxygen atoms in total. The minimum absolute atomic E-state index is 0.0279. The van der Waals surface area contributed by atoms with Crippen LogP contribution in [0.3, 0.4) is 0 Å². The van der Waals surface area contributed by atoms with Crippen LogP contribution in [-0.4, -0.2) is 161 Å². The Bertz CT molecular complexity index is 1870. The first-order valence-corrected chi connectivity index (χ1v) is 20.2. The Balaban J connectivity index is 0.000000297. The number of sulfonamides is 2. The lowest BCUT2D eigenvalue weighted by Crippen LogP contribution is -2.49. The fourth-order valence-corrected chi connectivity index (χ4v) is 8.03. The number of nitrogens with zero attached hydrogens (tertiary/aromatic N) is 6. The van der Waals surface area contributed by atoms with Crippen LogP contribution in [0.4, 0.5) is 11.4 Å². The maximum atomic E-state index is 12.3. The van der Waals surface area contributed by atoms with Gasteiger partial charge in [0, 0.05) is 110 Å². The standard InChI is InChI=1S/C17H24N4O7S.C15H22N4O6S/c1-14(22)28-13-12-19-8-10-20(11-9-19)17(23)6-7-18-29(26,27)16-5-3-2-4-15(16)21(24)25;20-12-11-17-7-9-18(10-8-17)15(21)5-6-16-26(24,25)14-4-2-1-3-13(14)19(22)23/h2-5,18H,6-13H2,1H3;1-4,16,20H,5-12H2. The summed E-state index contributed by atoms with van der Waals surface area (Å²) in [6, 6.07) is 10.1. The number of β-amino-alcohol motifs (C(OH)–C–C–N with tert-alkyl or cyclic N) is 1. The van der Waals surface area contributed by atoms with E-state index in [1.807, 2.05) is 4.90 Å². The lowest BCUT2D eigenvalue weighted by molar-refractivity contribution is -0.388. The van der Waals surface area contributed by atoms with E-state index >= 15 is 0 Å². The highest BCUT2D eigenvalue weighted by molar-refractivity contribution is 7.90. The average molecular weight is 815 g/mol. The van der Waals surface area contributed by atoms with Crippen LogP contribution in [0, 0.1) is 20.2 Å². The van der Waals surface area contributed by atoms with Crippen molar-refractivity contribution in [2.75, 3.05) is 91.8 Å². The van der Waals surface area contributed by atoms with Gasteiger partial charge in [0.1, 0.15) is 6.61 Å². The van der Waals surface area contributed by atoms with Gasteiger partial charge in [0.05, 0.1) is 16.5 Å². The summed E-state index contributed by atoms with van der Waals surface area (Å²) >= 11 is 0. The Morgan fingerprint density at radius 3 is 1.44 bits per heavy atom. The summed E-state index contributed by atoms with van der Waals surface area (Å²) in [5, 5.41) is 30.9. The normalized spacial score (nSPS) is 15.5. The molecule has 2 aromatic rings. The fourth-order valence-electron chi connectivity index (χ4n) is 5.63. The van der Waals surface area contributed by atoms with Crippen LogP contribution in [-0.2, 0) is 39.2 Å². The molecular formula is C32H46N8O13S2. The van der Waals surface area contributed by atoms with Gasteiger partial charge in [-0.3, -0.25) is 44.4 Å². The molecule has 0 aromatic heterocycles. The molecule has 2 amide bonds. The maximum absolute atomic E-state index is 12.3. The Labute approximate surface area is 318 Å². The number of ether oxygens (including phenoxy) is 1. The molecule has 2 saturated heterocycles. The van der Waals surface area contributed by atoms with Crippen LogP contribution in [0.1, 0.15) is 19.8 Å². The summed E-state index contributed by atoms with van der Waals surface area (Å²) in [6.45, 7) is 7.22. The van der Waals surface area contributed by atoms with Crippen molar-refractivity contribution in [2.45, 2.75) is 29.6 Å². The maximum Gasteiger partial charge on any atom is 0.302 e. The Morgan fingerprint density at radius 1 is 0.691 bits per heavy atom. The number of benzene rings is 2. The molecule has 0 spiro atoms. The first-order chi connectivity index (χ1) is 26.1. The summed E-state index contributed by atoms with van der Waals surface area (Å²) in [5.41, 5.74) is -1.03. The number of amides is 2. The van der Waals surface area contributed by atoms with E-state index in [0.29, 0.717) is 72.1 Å². The van der Waals surface area contributed by atoms with Crippen LogP contribution in [0.25, 0.3) is 0 Å². The molecular weight excluding hydrogens is 769 g/mol. The van der Waals surface area contributed by atoms with Crippen molar-refractivity contribution < 1.29 is 50.9 Å². The molecule has 0 saturated carbocycles. The summed E-state index contributed by atoms with van der Waals surface area (Å²) in [4.78, 5) is 62.2. The predicted octanol–water partition coefficient (Wildman–Crippen LogP) is -0.630. The number of hydrogen-bond donors (Lipinski definition) is 3. The Morgan fingerprint density at radius 2 is 1.07 bits per heavy atom. The summed E-state index contributed by atoms with van der Waals surface area (Å²) in [6.07, 6.45) is -0.0762. The van der Waals surface area contributed by atoms with Crippen molar-refractivity contribution in [3.63, 3.8) is 0 Å². The zero-order chi connectivity index (χ0) is 40.6. The average Bonchev–Trinajstić information content (AvgIpc) is 3.15. The zero-order valence-electron chi connectivity index (χ0n) is 30.3. The molecule has 55 heavy (non-hydrogen) atoms. The van der Waals surface area contributed by atoms with Gasteiger partial charge >= 0.3 is 5.97 Å². The van der Waals surface area contributed by atoms with Crippen LogP contribution in [0.15, 0.2) is 58.3 Å². The van der Waals surface area contributed by atoms with Crippen molar-refractivity contribution in [2.24, 2.45) is 0 Å². The molecule has 0 radical (unpaired) electrons. The number of nitro benzene ring substituents is 2. The second-order valence-electron chi connectivity index (χ2n) is 12.3. The third-order valence-corrected chi connectivity index (χ3v) is 11.6. The van der Waals surface area contributed by atoms with Crippen LogP contribution < -0.4 is 9.44 Å². The molecule has 2 aliphatic heterocycles. The third kappa shape index (κ3) is 14.2. The van der Waals surface area contributed by atoms with Crippen LogP contribution in [0.5, 0.6) is 0 Å². The molecule has 2 heterocycles. The number of nitro groups is 2. The molecule has 0 unspecified atom stereocenters. The monoisotopic (exact) mass is 814 g/mol. The number of para-hydroxylation sites is 2. The molecule has 0 atom stereocenters. The highest BCUT2D eigenvalue weighted by atomic mass is 32.2. The summed E-state index contributed by atoms with van der Waals surface area (Å²) < 4.78 is 58.6. The zero-order valence-corrected chi connectivity index (χ0v) is 31.9. The molecule has 0 aliphatic carbocycles. The Hall–Kier alpha value is -4.65. The number of piperazine rings is 2. The van der Waals surface area contributed by atoms with Gasteiger partial charge in [0.15, 0.2) is 9.79 Å². The number of rotatable bonds is 17. The molecule has 23 heteroatoms. The van der Waals surface area contributed by atoms with Gasteiger partial charge in [0.25, 0.3) is 11.4 Å². The second kappa shape index (κ2) is 21.4. The highest BCUT2D eigenvalue weighted by Crippen LogP contribution is 2.23. The number of aliphatic hydroxyl groups excluding tert-OH is 1. The fraction of sp³-hybridized carbons (Fsp3) is 0.531. The van der Waals surface area contributed by atoms with Gasteiger partial charge in [-0.05, 0) is 12.1 Å². The van der Waals surface area contributed by atoms with Gasteiger partial charge in [-0.15, -0.1) is 0 Å². The molecule has 2 fully saturated rings. The predicted molar refractivity (Wildman–Crippen MR) is 196 cm³/mol. The number of esters is 1. The number of aliphatic hydroxyl groups is 1. The molecule has 4 rings (SSSR count). The molecule has 2 aliphatic rings. The molecule has 0 bridgehead atoms. The first-order valence-electron chi connectivity index (χ1n) is 17.3. The van der Waals surface area contributed by atoms with E-state index in [4.69, 9.17) is 9.84 Å². The topological polar surface area (TPSA) is 272 Å². The van der Waals surface area contributed by atoms with E-state index < -0.39 is 51.1 Å². The summed E-state index contributed by atoms with van der Waals surface area (Å²) in [7, 11) is -8.18. The first kappa shape index (κ1) is 44.7. The van der Waals surface area contributed by atoms with Gasteiger partial charge in [-0.25, -0.2) is 26.3 Å². The van der Waals surface area contributed by atoms with Gasteiger partial charge in [0.2, 0.25) is 31.9 Å². The molecule has 2 aromatic carbocycles. The lowest BCUT2D eigenvalue weighted by Gasteiger charge is -2.34. The number of carbonyl (C=O) groups excluding carboxylic acids is 3. The SMILES string of the molecule is CC(=O)OCCN1CCN(C(=O)CCNS(=O)(=O)c2ccccc2[N+](=O)[O-])CC1.O=C(CCNS(=O)(=O)c1ccccc1[N+](=O)[O-])N1CCN(CCO)CC1. The van der Waals surface area contributed by atoms with E-state index in [9.17, 15) is 51.4 Å². The van der Waals surface area contributed by atoms with Crippen molar-refractivity contribution in [3.8, 4) is 0 Å². The minimum atomic E-state index is -4.10. The van der Waals surface area contributed by atoms with E-state index in [0.717, 1.165) is 24.3 Å². The van der Waals surface area contributed by atoms with E-state index in [1.165, 1.54) is 31.2 Å². The number of hydrogen-bond acceptors (Lipinski definition) is 15. The van der Waals surface area contributed by atoms with Crippen LogP contribution in [0.2, 0.25) is 0 Å². The lowest BCUT2D eigenvalue weighted by atomic mass is 10.3. The van der Waals surface area contributed by atoms with E-state index in [1.54, 1.807) is 9.80 Å². The molecule has 3 N–H and O–H groups in total. The molecule has 304 valence electrons. The quantitative estimate of drug-likeness (QED) is 0.102. The second-order valence-corrected chi connectivity index (χ2v) is 15.7. The van der Waals surface area contributed by atoms with Crippen molar-refractivity contribution in [1.82, 2.24) is 29.0 Å². The minimum Gasteiger partial charge on any atom is -0.465 e. The van der Waals surface area contributed by atoms with Crippen molar-refractivity contribution >= 4 is 49.2 Å². The Kier molecular flexibility index (Phi) is 17.4. The number of nitrogens with one attached hydrogen (secondary N) is 2. The van der Waals surface area contributed by atoms with Gasteiger partial charge < -0.3 is 19.6 Å². The third-order valence-electron chi connectivity index (χ3n) is 8.54. The summed E-state index contributed by atoms with van der Waals surface area (Å²) in [5.74, 6) is -0.712. The van der Waals surface area contributed by atoms with Gasteiger partial charge in [-0.2, -0.15) is 0 Å².